The minimum atomic E-state index is 0.676. The van der Waals surface area contributed by atoms with E-state index < -0.39 is 0 Å². The maximum atomic E-state index is 5.23. The first-order chi connectivity index (χ1) is 8.40. The van der Waals surface area contributed by atoms with Crippen LogP contribution in [0.25, 0.3) is 10.7 Å². The molecule has 0 aliphatic rings. The topological polar surface area (TPSA) is 59.9 Å². The molecule has 6 heteroatoms. The number of aromatic nitrogens is 3. The van der Waals surface area contributed by atoms with E-state index in [9.17, 15) is 0 Å². The lowest BCUT2D eigenvalue weighted by atomic mass is 10.4. The average Bonchev–Trinajstić information content (AvgIpc) is 2.85. The van der Waals surface area contributed by atoms with Crippen molar-refractivity contribution in [2.75, 3.05) is 25.1 Å². The van der Waals surface area contributed by atoms with Crippen molar-refractivity contribution >= 4 is 16.5 Å². The third-order valence-electron chi connectivity index (χ3n) is 2.04. The van der Waals surface area contributed by atoms with Gasteiger partial charge in [-0.2, -0.15) is 0 Å². The minimum absolute atomic E-state index is 0.676. The van der Waals surface area contributed by atoms with E-state index >= 15 is 0 Å². The van der Waals surface area contributed by atoms with Crippen LogP contribution in [-0.2, 0) is 4.74 Å². The molecule has 0 radical (unpaired) electrons. The lowest BCUT2D eigenvalue weighted by Gasteiger charge is -2.00. The van der Waals surface area contributed by atoms with Crippen LogP contribution in [-0.4, -0.2) is 34.9 Å². The number of rotatable bonds is 6. The van der Waals surface area contributed by atoms with Crippen LogP contribution in [0.5, 0.6) is 0 Å². The third-order valence-corrected chi connectivity index (χ3v) is 2.94. The number of nitrogens with one attached hydrogen (secondary N) is 1. The van der Waals surface area contributed by atoms with Gasteiger partial charge in [-0.3, -0.25) is 4.98 Å². The largest absolute Gasteiger partial charge is 0.380 e. The van der Waals surface area contributed by atoms with Gasteiger partial charge in [-0.05, 0) is 19.1 Å². The van der Waals surface area contributed by atoms with Crippen molar-refractivity contribution in [3.05, 3.63) is 24.4 Å². The molecule has 90 valence electrons. The van der Waals surface area contributed by atoms with E-state index in [4.69, 9.17) is 4.74 Å². The summed E-state index contributed by atoms with van der Waals surface area (Å²) in [5, 5.41) is 12.9. The normalized spacial score (nSPS) is 10.4. The van der Waals surface area contributed by atoms with Crippen molar-refractivity contribution in [2.24, 2.45) is 0 Å². The maximum absolute atomic E-state index is 5.23. The fourth-order valence-electron chi connectivity index (χ4n) is 1.26. The fraction of sp³-hybridized carbons (Fsp3) is 0.364. The molecular weight excluding hydrogens is 236 g/mol. The number of ether oxygens (including phenoxy) is 1. The van der Waals surface area contributed by atoms with Crippen LogP contribution in [0.2, 0.25) is 0 Å². The van der Waals surface area contributed by atoms with E-state index in [2.05, 4.69) is 20.5 Å². The lowest BCUT2D eigenvalue weighted by Crippen LogP contribution is -2.08. The van der Waals surface area contributed by atoms with Gasteiger partial charge in [0.25, 0.3) is 0 Å². The Labute approximate surface area is 104 Å². The predicted octanol–water partition coefficient (Wildman–Crippen LogP) is 2.05. The molecule has 0 aliphatic heterocycles. The Balaban J connectivity index is 1.92. The zero-order chi connectivity index (χ0) is 11.9. The highest BCUT2D eigenvalue weighted by atomic mass is 32.1. The molecule has 0 bridgehead atoms. The molecule has 0 amide bonds. The Kier molecular flexibility index (Phi) is 4.40. The second-order valence-electron chi connectivity index (χ2n) is 3.25. The van der Waals surface area contributed by atoms with Crippen LogP contribution >= 0.6 is 11.3 Å². The van der Waals surface area contributed by atoms with Crippen molar-refractivity contribution in [1.29, 1.82) is 0 Å². The summed E-state index contributed by atoms with van der Waals surface area (Å²) in [5.41, 5.74) is 0.850. The third kappa shape index (κ3) is 3.47. The van der Waals surface area contributed by atoms with E-state index in [0.717, 1.165) is 29.0 Å². The number of hydrogen-bond acceptors (Lipinski definition) is 6. The molecule has 1 N–H and O–H groups in total. The molecule has 5 nitrogen and oxygen atoms in total. The summed E-state index contributed by atoms with van der Waals surface area (Å²) in [4.78, 5) is 4.23. The predicted molar refractivity (Wildman–Crippen MR) is 68.1 cm³/mol. The highest BCUT2D eigenvalue weighted by Gasteiger charge is 2.06. The Morgan fingerprint density at radius 3 is 3.06 bits per heavy atom. The SMILES string of the molecule is CCOCCNc1nnc(-c2ccccn2)s1. The lowest BCUT2D eigenvalue weighted by molar-refractivity contribution is 0.158. The molecule has 2 aromatic heterocycles. The fourth-order valence-corrected chi connectivity index (χ4v) is 2.01. The van der Waals surface area contributed by atoms with E-state index in [-0.39, 0.29) is 0 Å². The second-order valence-corrected chi connectivity index (χ2v) is 4.23. The molecular formula is C11H14N4OS. The highest BCUT2D eigenvalue weighted by molar-refractivity contribution is 7.18. The zero-order valence-electron chi connectivity index (χ0n) is 9.59. The molecule has 17 heavy (non-hydrogen) atoms. The van der Waals surface area contributed by atoms with Crippen molar-refractivity contribution in [3.63, 3.8) is 0 Å². The van der Waals surface area contributed by atoms with Gasteiger partial charge in [0.15, 0.2) is 5.01 Å². The zero-order valence-corrected chi connectivity index (χ0v) is 10.4. The molecule has 0 saturated carbocycles. The van der Waals surface area contributed by atoms with E-state index in [1.807, 2.05) is 25.1 Å². The number of nitrogens with zero attached hydrogens (tertiary/aromatic N) is 3. The molecule has 0 atom stereocenters. The number of pyridine rings is 1. The van der Waals surface area contributed by atoms with Crippen LogP contribution in [0, 0.1) is 0 Å². The van der Waals surface area contributed by atoms with Crippen LogP contribution in [0.1, 0.15) is 6.92 Å². The Bertz CT molecular complexity index is 446. The van der Waals surface area contributed by atoms with Crippen LogP contribution in [0.4, 0.5) is 5.13 Å². The van der Waals surface area contributed by atoms with Gasteiger partial charge in [0.05, 0.1) is 6.61 Å². The standard InChI is InChI=1S/C11H14N4OS/c1-2-16-8-7-13-11-15-14-10(17-11)9-5-3-4-6-12-9/h3-6H,2,7-8H2,1H3,(H,13,15). The van der Waals surface area contributed by atoms with Gasteiger partial charge in [0.1, 0.15) is 5.69 Å². The van der Waals surface area contributed by atoms with Crippen LogP contribution in [0.3, 0.4) is 0 Å². The highest BCUT2D eigenvalue weighted by Crippen LogP contribution is 2.23. The molecule has 0 unspecified atom stereocenters. The van der Waals surface area contributed by atoms with Gasteiger partial charge in [0, 0.05) is 19.3 Å². The molecule has 2 rings (SSSR count). The van der Waals surface area contributed by atoms with Crippen LogP contribution in [0.15, 0.2) is 24.4 Å². The summed E-state index contributed by atoms with van der Waals surface area (Å²) >= 11 is 1.49. The smallest absolute Gasteiger partial charge is 0.206 e. The molecule has 0 aromatic carbocycles. The Hall–Kier alpha value is -1.53. The number of anilines is 1. The summed E-state index contributed by atoms with van der Waals surface area (Å²) < 4.78 is 5.23. The van der Waals surface area contributed by atoms with Crippen molar-refractivity contribution in [3.8, 4) is 10.7 Å². The number of hydrogen-bond donors (Lipinski definition) is 1. The first-order valence-electron chi connectivity index (χ1n) is 5.46. The Morgan fingerprint density at radius 2 is 2.29 bits per heavy atom. The van der Waals surface area contributed by atoms with E-state index in [0.29, 0.717) is 6.61 Å². The molecule has 2 aromatic rings. The van der Waals surface area contributed by atoms with Gasteiger partial charge in [-0.15, -0.1) is 10.2 Å². The summed E-state index contributed by atoms with van der Waals surface area (Å²) in [5.74, 6) is 0. The molecule has 2 heterocycles. The second kappa shape index (κ2) is 6.27. The van der Waals surface area contributed by atoms with Crippen molar-refractivity contribution < 1.29 is 4.74 Å². The van der Waals surface area contributed by atoms with Gasteiger partial charge in [-0.1, -0.05) is 17.4 Å². The first-order valence-corrected chi connectivity index (χ1v) is 6.28. The van der Waals surface area contributed by atoms with Gasteiger partial charge < -0.3 is 10.1 Å². The summed E-state index contributed by atoms with van der Waals surface area (Å²) in [6.07, 6.45) is 1.75. The van der Waals surface area contributed by atoms with Crippen molar-refractivity contribution in [1.82, 2.24) is 15.2 Å². The van der Waals surface area contributed by atoms with Gasteiger partial charge >= 0.3 is 0 Å². The van der Waals surface area contributed by atoms with E-state index in [1.54, 1.807) is 6.20 Å². The Morgan fingerprint density at radius 1 is 1.35 bits per heavy atom. The average molecular weight is 250 g/mol. The maximum Gasteiger partial charge on any atom is 0.206 e. The van der Waals surface area contributed by atoms with Gasteiger partial charge in [0.2, 0.25) is 5.13 Å². The first kappa shape index (κ1) is 11.9. The van der Waals surface area contributed by atoms with Crippen molar-refractivity contribution in [2.45, 2.75) is 6.92 Å². The molecule has 0 fully saturated rings. The van der Waals surface area contributed by atoms with Gasteiger partial charge in [-0.25, -0.2) is 0 Å². The summed E-state index contributed by atoms with van der Waals surface area (Å²) in [6.45, 7) is 4.13. The summed E-state index contributed by atoms with van der Waals surface area (Å²) in [7, 11) is 0. The monoisotopic (exact) mass is 250 g/mol. The van der Waals surface area contributed by atoms with Crippen LogP contribution < -0.4 is 5.32 Å². The molecule has 0 saturated heterocycles. The molecule has 0 spiro atoms. The quantitative estimate of drug-likeness (QED) is 0.795. The minimum Gasteiger partial charge on any atom is -0.380 e. The molecule has 0 aliphatic carbocycles. The summed E-state index contributed by atoms with van der Waals surface area (Å²) in [6, 6.07) is 5.74. The van der Waals surface area contributed by atoms with E-state index in [1.165, 1.54) is 11.3 Å².